The van der Waals surface area contributed by atoms with Crippen LogP contribution in [0.1, 0.15) is 38.8 Å². The van der Waals surface area contributed by atoms with Crippen LogP contribution in [0.25, 0.3) is 10.8 Å². The van der Waals surface area contributed by atoms with E-state index in [2.05, 4.69) is 11.4 Å². The minimum absolute atomic E-state index is 0.293. The highest BCUT2D eigenvalue weighted by molar-refractivity contribution is 5.84. The monoisotopic (exact) mass is 355 g/mol. The van der Waals surface area contributed by atoms with E-state index in [0.29, 0.717) is 6.42 Å². The van der Waals surface area contributed by atoms with E-state index in [1.165, 1.54) is 7.11 Å². The second kappa shape index (κ2) is 7.08. The van der Waals surface area contributed by atoms with Gasteiger partial charge in [0, 0.05) is 6.04 Å². The summed E-state index contributed by atoms with van der Waals surface area (Å²) in [5.74, 6) is -1.10. The van der Waals surface area contributed by atoms with Crippen LogP contribution in [0.5, 0.6) is 0 Å². The van der Waals surface area contributed by atoms with Crippen molar-refractivity contribution in [1.82, 2.24) is 5.32 Å². The molecule has 3 rings (SSSR count). The first-order valence-corrected chi connectivity index (χ1v) is 8.84. The number of esters is 2. The Labute approximate surface area is 153 Å². The summed E-state index contributed by atoms with van der Waals surface area (Å²) in [6, 6.07) is 13.3. The van der Waals surface area contributed by atoms with Gasteiger partial charge in [-0.2, -0.15) is 0 Å². The van der Waals surface area contributed by atoms with Gasteiger partial charge in [0.15, 0.2) is 0 Å². The molecular weight excluding hydrogens is 330 g/mol. The average Bonchev–Trinajstić information content (AvgIpc) is 3.04. The van der Waals surface area contributed by atoms with Crippen molar-refractivity contribution in [3.05, 3.63) is 48.0 Å². The molecule has 0 aromatic heterocycles. The largest absolute Gasteiger partial charge is 0.468 e. The highest BCUT2D eigenvalue weighted by Gasteiger charge is 2.44. The molecule has 26 heavy (non-hydrogen) atoms. The summed E-state index contributed by atoms with van der Waals surface area (Å²) in [7, 11) is 1.36. The predicted octanol–water partition coefficient (Wildman–Crippen LogP) is 3.37. The molecule has 1 fully saturated rings. The summed E-state index contributed by atoms with van der Waals surface area (Å²) in [4.78, 5) is 24.8. The molecule has 0 radical (unpaired) electrons. The van der Waals surface area contributed by atoms with Gasteiger partial charge < -0.3 is 9.47 Å². The Morgan fingerprint density at radius 2 is 1.73 bits per heavy atom. The number of hydrogen-bond donors (Lipinski definition) is 1. The lowest BCUT2D eigenvalue weighted by atomic mass is 9.92. The van der Waals surface area contributed by atoms with E-state index < -0.39 is 17.6 Å². The molecule has 3 atom stereocenters. The first-order chi connectivity index (χ1) is 12.3. The molecule has 1 saturated heterocycles. The maximum Gasteiger partial charge on any atom is 0.322 e. The number of rotatable bonds is 3. The van der Waals surface area contributed by atoms with Crippen LogP contribution >= 0.6 is 0 Å². The fourth-order valence-corrected chi connectivity index (χ4v) is 3.44. The molecule has 0 unspecified atom stereocenters. The summed E-state index contributed by atoms with van der Waals surface area (Å²) >= 11 is 0. The van der Waals surface area contributed by atoms with Crippen molar-refractivity contribution in [3.63, 3.8) is 0 Å². The summed E-state index contributed by atoms with van der Waals surface area (Å²) in [5.41, 5.74) is 0.389. The van der Waals surface area contributed by atoms with Gasteiger partial charge >= 0.3 is 11.9 Å². The lowest BCUT2D eigenvalue weighted by Gasteiger charge is -2.25. The van der Waals surface area contributed by atoms with Crippen molar-refractivity contribution in [2.45, 2.75) is 44.9 Å². The van der Waals surface area contributed by atoms with E-state index in [-0.39, 0.29) is 18.0 Å². The summed E-state index contributed by atoms with van der Waals surface area (Å²) in [6.45, 7) is 5.53. The van der Waals surface area contributed by atoms with Gasteiger partial charge in [0.2, 0.25) is 0 Å². The Bertz CT molecular complexity index is 824. The fraction of sp³-hybridized carbons (Fsp3) is 0.429. The van der Waals surface area contributed by atoms with Crippen LogP contribution in [0.4, 0.5) is 0 Å². The van der Waals surface area contributed by atoms with E-state index in [1.807, 2.05) is 57.2 Å². The van der Waals surface area contributed by atoms with Crippen LogP contribution in [-0.2, 0) is 19.1 Å². The van der Waals surface area contributed by atoms with Gasteiger partial charge in [-0.1, -0.05) is 36.4 Å². The number of hydrogen-bond acceptors (Lipinski definition) is 5. The fourth-order valence-electron chi connectivity index (χ4n) is 3.44. The molecule has 1 N–H and O–H groups in total. The van der Waals surface area contributed by atoms with Crippen LogP contribution < -0.4 is 5.32 Å². The zero-order chi connectivity index (χ0) is 18.9. The van der Waals surface area contributed by atoms with Crippen LogP contribution in [0.3, 0.4) is 0 Å². The van der Waals surface area contributed by atoms with E-state index in [1.54, 1.807) is 0 Å². The van der Waals surface area contributed by atoms with Gasteiger partial charge in [-0.15, -0.1) is 0 Å². The van der Waals surface area contributed by atoms with Gasteiger partial charge in [-0.3, -0.25) is 14.9 Å². The van der Waals surface area contributed by atoms with Gasteiger partial charge in [0.05, 0.1) is 13.0 Å². The maximum absolute atomic E-state index is 12.8. The summed E-state index contributed by atoms with van der Waals surface area (Å²) in [6.07, 6.45) is 0.360. The van der Waals surface area contributed by atoms with Crippen molar-refractivity contribution in [3.8, 4) is 0 Å². The quantitative estimate of drug-likeness (QED) is 0.855. The Kier molecular flexibility index (Phi) is 5.01. The predicted molar refractivity (Wildman–Crippen MR) is 99.6 cm³/mol. The van der Waals surface area contributed by atoms with Gasteiger partial charge in [-0.05, 0) is 49.6 Å². The highest BCUT2D eigenvalue weighted by atomic mass is 16.6. The summed E-state index contributed by atoms with van der Waals surface area (Å²) in [5, 5.41) is 5.49. The van der Waals surface area contributed by atoms with Crippen LogP contribution in [0.2, 0.25) is 0 Å². The molecule has 0 spiro atoms. The van der Waals surface area contributed by atoms with Crippen LogP contribution in [-0.4, -0.2) is 30.7 Å². The summed E-state index contributed by atoms with van der Waals surface area (Å²) < 4.78 is 10.5. The maximum atomic E-state index is 12.8. The highest BCUT2D eigenvalue weighted by Crippen LogP contribution is 2.36. The Balaban J connectivity index is 1.93. The molecule has 0 amide bonds. The Morgan fingerprint density at radius 3 is 2.38 bits per heavy atom. The van der Waals surface area contributed by atoms with E-state index >= 15 is 0 Å². The normalized spacial score (nSPS) is 23.0. The molecule has 0 aliphatic carbocycles. The molecule has 2 aromatic carbocycles. The molecule has 5 heteroatoms. The van der Waals surface area contributed by atoms with Crippen LogP contribution in [0.15, 0.2) is 42.5 Å². The zero-order valence-electron chi connectivity index (χ0n) is 15.6. The minimum Gasteiger partial charge on any atom is -0.468 e. The van der Waals surface area contributed by atoms with Gasteiger partial charge in [0.25, 0.3) is 0 Å². The second-order valence-electron chi connectivity index (χ2n) is 7.70. The van der Waals surface area contributed by atoms with Gasteiger partial charge in [0.1, 0.15) is 11.6 Å². The molecule has 0 bridgehead atoms. The third kappa shape index (κ3) is 3.88. The number of ether oxygens (including phenoxy) is 2. The number of nitrogens with one attached hydrogen (secondary N) is 1. The third-order valence-corrected chi connectivity index (χ3v) is 4.60. The number of carbonyl (C=O) groups excluding carboxylic acids is 2. The topological polar surface area (TPSA) is 64.6 Å². The number of methoxy groups -OCH3 is 1. The number of benzene rings is 2. The van der Waals surface area contributed by atoms with E-state index in [0.717, 1.165) is 16.3 Å². The lowest BCUT2D eigenvalue weighted by molar-refractivity contribution is -0.160. The van der Waals surface area contributed by atoms with Crippen molar-refractivity contribution in [1.29, 1.82) is 0 Å². The molecule has 138 valence electrons. The van der Waals surface area contributed by atoms with E-state index in [4.69, 9.17) is 9.47 Å². The van der Waals surface area contributed by atoms with Crippen molar-refractivity contribution in [2.75, 3.05) is 7.11 Å². The SMILES string of the molecule is COC(=O)[C@H]1C[C@@H](C(=O)OC(C)(C)C)[C@@H](c2ccc3ccccc3c2)N1. The molecule has 1 aliphatic rings. The number of carbonyl (C=O) groups is 2. The van der Waals surface area contributed by atoms with Crippen molar-refractivity contribution >= 4 is 22.7 Å². The smallest absolute Gasteiger partial charge is 0.322 e. The first kappa shape index (κ1) is 18.4. The van der Waals surface area contributed by atoms with Gasteiger partial charge in [-0.25, -0.2) is 0 Å². The van der Waals surface area contributed by atoms with Crippen molar-refractivity contribution < 1.29 is 19.1 Å². The molecule has 2 aromatic rings. The lowest BCUT2D eigenvalue weighted by Crippen LogP contribution is -2.33. The van der Waals surface area contributed by atoms with Crippen molar-refractivity contribution in [2.24, 2.45) is 5.92 Å². The molecule has 0 saturated carbocycles. The third-order valence-electron chi connectivity index (χ3n) is 4.60. The minimum atomic E-state index is -0.575. The Hall–Kier alpha value is -2.40. The standard InChI is InChI=1S/C21H25NO4/c1-21(2,3)26-19(23)16-12-17(20(24)25-4)22-18(16)15-10-9-13-7-5-6-8-14(13)11-15/h5-11,16-18,22H,12H2,1-4H3/t16-,17-,18-/m1/s1. The molecule has 1 heterocycles. The van der Waals surface area contributed by atoms with Crippen LogP contribution in [0, 0.1) is 5.92 Å². The zero-order valence-corrected chi connectivity index (χ0v) is 15.6. The first-order valence-electron chi connectivity index (χ1n) is 8.84. The molecular formula is C21H25NO4. The Morgan fingerprint density at radius 1 is 1.04 bits per heavy atom. The average molecular weight is 355 g/mol. The van der Waals surface area contributed by atoms with E-state index in [9.17, 15) is 9.59 Å². The molecule has 5 nitrogen and oxygen atoms in total. The number of fused-ring (bicyclic) bond motifs is 1. The second-order valence-corrected chi connectivity index (χ2v) is 7.70. The molecule has 1 aliphatic heterocycles.